The average Bonchev–Trinajstić information content (AvgIpc) is 2.56. The van der Waals surface area contributed by atoms with Gasteiger partial charge in [-0.25, -0.2) is 0 Å². The Labute approximate surface area is 136 Å². The summed E-state index contributed by atoms with van der Waals surface area (Å²) in [7, 11) is 0. The molecule has 0 saturated heterocycles. The quantitative estimate of drug-likeness (QED) is 0.826. The Hall–Kier alpha value is -2.62. The van der Waals surface area contributed by atoms with Gasteiger partial charge in [-0.05, 0) is 30.9 Å². The van der Waals surface area contributed by atoms with Crippen molar-refractivity contribution in [1.82, 2.24) is 5.32 Å². The molecule has 1 amide bonds. The van der Waals surface area contributed by atoms with Gasteiger partial charge in [-0.3, -0.25) is 9.59 Å². The first-order valence-electron chi connectivity index (χ1n) is 7.67. The van der Waals surface area contributed by atoms with Gasteiger partial charge in [0.25, 0.3) is 0 Å². The molecule has 120 valence electrons. The fraction of sp³-hybridized carbons (Fsp3) is 0.263. The minimum absolute atomic E-state index is 0.229. The van der Waals surface area contributed by atoms with Crippen LogP contribution in [0.25, 0.3) is 0 Å². The first kappa shape index (κ1) is 16.7. The van der Waals surface area contributed by atoms with Gasteiger partial charge in [0.05, 0.1) is 0 Å². The SMILES string of the molecule is C[C@@H](NC(=O)C(Cc1ccccc1)Cc1ccccc1)C(=O)O. The van der Waals surface area contributed by atoms with Gasteiger partial charge in [-0.2, -0.15) is 0 Å². The molecule has 0 unspecified atom stereocenters. The molecule has 0 bridgehead atoms. The van der Waals surface area contributed by atoms with Gasteiger partial charge in [0.1, 0.15) is 6.04 Å². The van der Waals surface area contributed by atoms with Gasteiger partial charge >= 0.3 is 5.97 Å². The average molecular weight is 311 g/mol. The Morgan fingerprint density at radius 2 is 1.35 bits per heavy atom. The molecule has 0 spiro atoms. The second kappa shape index (κ2) is 8.13. The summed E-state index contributed by atoms with van der Waals surface area (Å²) in [4.78, 5) is 23.5. The van der Waals surface area contributed by atoms with Crippen molar-refractivity contribution in [3.05, 3.63) is 71.8 Å². The van der Waals surface area contributed by atoms with Crippen LogP contribution < -0.4 is 5.32 Å². The molecule has 2 N–H and O–H groups in total. The molecule has 0 aliphatic rings. The summed E-state index contributed by atoms with van der Waals surface area (Å²) >= 11 is 0. The van der Waals surface area contributed by atoms with E-state index >= 15 is 0 Å². The molecule has 4 heteroatoms. The Bertz CT molecular complexity index is 599. The number of carboxylic acids is 1. The van der Waals surface area contributed by atoms with Gasteiger partial charge in [-0.15, -0.1) is 0 Å². The lowest BCUT2D eigenvalue weighted by molar-refractivity contribution is -0.141. The number of benzene rings is 2. The molecule has 0 aliphatic carbocycles. The monoisotopic (exact) mass is 311 g/mol. The third-order valence-electron chi connectivity index (χ3n) is 3.75. The predicted octanol–water partition coefficient (Wildman–Crippen LogP) is 2.68. The van der Waals surface area contributed by atoms with Crippen LogP contribution in [0, 0.1) is 5.92 Å². The van der Waals surface area contributed by atoms with Crippen LogP contribution in [-0.2, 0) is 22.4 Å². The van der Waals surface area contributed by atoms with Gasteiger partial charge in [0, 0.05) is 5.92 Å². The lowest BCUT2D eigenvalue weighted by Crippen LogP contribution is -2.42. The molecule has 2 aromatic rings. The molecule has 0 radical (unpaired) electrons. The highest BCUT2D eigenvalue weighted by atomic mass is 16.4. The number of rotatable bonds is 7. The zero-order valence-corrected chi connectivity index (χ0v) is 13.1. The lowest BCUT2D eigenvalue weighted by Gasteiger charge is -2.19. The van der Waals surface area contributed by atoms with Crippen LogP contribution in [0.5, 0.6) is 0 Å². The van der Waals surface area contributed by atoms with Crippen LogP contribution >= 0.6 is 0 Å². The summed E-state index contributed by atoms with van der Waals surface area (Å²) < 4.78 is 0. The maximum atomic E-state index is 12.5. The summed E-state index contributed by atoms with van der Waals surface area (Å²) in [5.41, 5.74) is 2.12. The summed E-state index contributed by atoms with van der Waals surface area (Å²) in [6, 6.07) is 18.6. The van der Waals surface area contributed by atoms with Crippen molar-refractivity contribution in [2.45, 2.75) is 25.8 Å². The highest BCUT2D eigenvalue weighted by Crippen LogP contribution is 2.15. The van der Waals surface area contributed by atoms with Crippen molar-refractivity contribution in [2.75, 3.05) is 0 Å². The number of carboxylic acid groups (broad SMARTS) is 1. The molecule has 0 aromatic heterocycles. The predicted molar refractivity (Wildman–Crippen MR) is 89.0 cm³/mol. The zero-order chi connectivity index (χ0) is 16.7. The Kier molecular flexibility index (Phi) is 5.92. The third-order valence-corrected chi connectivity index (χ3v) is 3.75. The van der Waals surface area contributed by atoms with Crippen LogP contribution in [0.1, 0.15) is 18.1 Å². The summed E-state index contributed by atoms with van der Waals surface area (Å²) in [5, 5.41) is 11.6. The third kappa shape index (κ3) is 5.25. The van der Waals surface area contributed by atoms with E-state index in [1.165, 1.54) is 6.92 Å². The van der Waals surface area contributed by atoms with E-state index in [0.717, 1.165) is 11.1 Å². The smallest absolute Gasteiger partial charge is 0.325 e. The Morgan fingerprint density at radius 1 is 0.913 bits per heavy atom. The van der Waals surface area contributed by atoms with E-state index in [2.05, 4.69) is 5.32 Å². The molecular formula is C19H21NO3. The fourth-order valence-corrected chi connectivity index (χ4v) is 2.45. The molecule has 23 heavy (non-hydrogen) atoms. The van der Waals surface area contributed by atoms with Crippen molar-refractivity contribution in [3.63, 3.8) is 0 Å². The Balaban J connectivity index is 2.13. The molecule has 0 saturated carbocycles. The van der Waals surface area contributed by atoms with Crippen molar-refractivity contribution in [3.8, 4) is 0 Å². The maximum absolute atomic E-state index is 12.5. The number of carbonyl (C=O) groups excluding carboxylic acids is 1. The lowest BCUT2D eigenvalue weighted by atomic mass is 9.91. The largest absolute Gasteiger partial charge is 0.480 e. The Morgan fingerprint density at radius 3 is 1.74 bits per heavy atom. The molecule has 2 rings (SSSR count). The van der Waals surface area contributed by atoms with Crippen molar-refractivity contribution < 1.29 is 14.7 Å². The molecule has 4 nitrogen and oxygen atoms in total. The second-order valence-corrected chi connectivity index (χ2v) is 5.64. The summed E-state index contributed by atoms with van der Waals surface area (Å²) in [5.74, 6) is -1.56. The number of aliphatic carboxylic acids is 1. The van der Waals surface area contributed by atoms with Crippen LogP contribution in [0.2, 0.25) is 0 Å². The molecule has 2 aromatic carbocycles. The van der Waals surface area contributed by atoms with Gasteiger partial charge < -0.3 is 10.4 Å². The molecular weight excluding hydrogens is 290 g/mol. The molecule has 0 heterocycles. The highest BCUT2D eigenvalue weighted by molar-refractivity contribution is 5.85. The topological polar surface area (TPSA) is 66.4 Å². The van der Waals surface area contributed by atoms with Crippen LogP contribution in [-0.4, -0.2) is 23.0 Å². The highest BCUT2D eigenvalue weighted by Gasteiger charge is 2.23. The van der Waals surface area contributed by atoms with E-state index in [-0.39, 0.29) is 11.8 Å². The molecule has 1 atom stereocenters. The number of hydrogen-bond donors (Lipinski definition) is 2. The minimum Gasteiger partial charge on any atom is -0.480 e. The normalized spacial score (nSPS) is 11.9. The van der Waals surface area contributed by atoms with Gasteiger partial charge in [0.2, 0.25) is 5.91 Å². The zero-order valence-electron chi connectivity index (χ0n) is 13.1. The second-order valence-electron chi connectivity index (χ2n) is 5.64. The van der Waals surface area contributed by atoms with Gasteiger partial charge in [-0.1, -0.05) is 60.7 Å². The van der Waals surface area contributed by atoms with Crippen LogP contribution in [0.4, 0.5) is 0 Å². The molecule has 0 fully saturated rings. The van der Waals surface area contributed by atoms with Crippen LogP contribution in [0.15, 0.2) is 60.7 Å². The molecule has 0 aliphatic heterocycles. The van der Waals surface area contributed by atoms with E-state index in [1.807, 2.05) is 60.7 Å². The van der Waals surface area contributed by atoms with Crippen molar-refractivity contribution in [2.24, 2.45) is 5.92 Å². The number of nitrogens with one attached hydrogen (secondary N) is 1. The van der Waals surface area contributed by atoms with E-state index < -0.39 is 12.0 Å². The number of hydrogen-bond acceptors (Lipinski definition) is 2. The van der Waals surface area contributed by atoms with Crippen molar-refractivity contribution >= 4 is 11.9 Å². The van der Waals surface area contributed by atoms with Crippen LogP contribution in [0.3, 0.4) is 0 Å². The number of amides is 1. The van der Waals surface area contributed by atoms with Gasteiger partial charge in [0.15, 0.2) is 0 Å². The van der Waals surface area contributed by atoms with E-state index in [0.29, 0.717) is 12.8 Å². The fourth-order valence-electron chi connectivity index (χ4n) is 2.45. The van der Waals surface area contributed by atoms with E-state index in [1.54, 1.807) is 0 Å². The van der Waals surface area contributed by atoms with E-state index in [9.17, 15) is 9.59 Å². The van der Waals surface area contributed by atoms with E-state index in [4.69, 9.17) is 5.11 Å². The summed E-state index contributed by atoms with van der Waals surface area (Å²) in [6.45, 7) is 1.47. The summed E-state index contributed by atoms with van der Waals surface area (Å²) in [6.07, 6.45) is 1.15. The number of carbonyl (C=O) groups is 2. The maximum Gasteiger partial charge on any atom is 0.325 e. The standard InChI is InChI=1S/C19H21NO3/c1-14(19(22)23)20-18(21)17(12-15-8-4-2-5-9-15)13-16-10-6-3-7-11-16/h2-11,14,17H,12-13H2,1H3,(H,20,21)(H,22,23)/t14-/m1/s1. The van der Waals surface area contributed by atoms with Crippen molar-refractivity contribution in [1.29, 1.82) is 0 Å². The minimum atomic E-state index is -1.03. The first-order valence-corrected chi connectivity index (χ1v) is 7.67. The first-order chi connectivity index (χ1) is 11.1.